The first kappa shape index (κ1) is 83.7. The van der Waals surface area contributed by atoms with Crippen LogP contribution in [0.3, 0.4) is 0 Å². The first-order chi connectivity index (χ1) is 58.7. The van der Waals surface area contributed by atoms with E-state index in [0.29, 0.717) is 25.7 Å². The molecule has 8 nitrogen and oxygen atoms in total. The molecule has 0 spiro atoms. The number of hydrogen-bond acceptors (Lipinski definition) is 8. The van der Waals surface area contributed by atoms with E-state index in [9.17, 15) is 39.6 Å². The Labute approximate surface area is 738 Å². The van der Waals surface area contributed by atoms with Crippen LogP contribution in [-0.4, -0.2) is 23.9 Å². The van der Waals surface area contributed by atoms with E-state index in [4.69, 9.17) is 0 Å². The van der Waals surface area contributed by atoms with Gasteiger partial charge in [-0.25, -0.2) is 0 Å². The summed E-state index contributed by atoms with van der Waals surface area (Å²) in [7, 11) is 0. The first-order valence-corrected chi connectivity index (χ1v) is 40.7. The second kappa shape index (κ2) is 35.1. The van der Waals surface area contributed by atoms with Gasteiger partial charge in [0.2, 0.25) is 0 Å². The maximum Gasteiger partial charge on any atom is 2.00 e. The Bertz CT molecular complexity index is 5300. The molecule has 122 heavy (non-hydrogen) atoms. The van der Waals surface area contributed by atoms with E-state index in [1.165, 1.54) is 0 Å². The summed E-state index contributed by atoms with van der Waals surface area (Å²) in [5, 5.41) is 50.8. The van der Waals surface area contributed by atoms with Crippen molar-refractivity contribution in [3.05, 3.63) is 528 Å². The summed E-state index contributed by atoms with van der Waals surface area (Å²) in [6, 6.07) is 152. The van der Waals surface area contributed by atoms with Crippen LogP contribution in [0, 0.1) is 0 Å². The van der Waals surface area contributed by atoms with Crippen molar-refractivity contribution in [2.24, 2.45) is 0 Å². The van der Waals surface area contributed by atoms with Gasteiger partial charge >= 0.3 is 39.0 Å². The summed E-state index contributed by atoms with van der Waals surface area (Å²) in [6.45, 7) is 0. The molecule has 0 aliphatic heterocycles. The van der Waals surface area contributed by atoms with Gasteiger partial charge in [0.15, 0.2) is 0 Å². The fourth-order valence-corrected chi connectivity index (χ4v) is 19.8. The van der Waals surface area contributed by atoms with Crippen LogP contribution in [0.1, 0.15) is 92.4 Å². The molecular formula is C112H84O8Rh2. The monoisotopic (exact) mass is 1760 g/mol. The zero-order valence-electron chi connectivity index (χ0n) is 66.6. The molecule has 0 unspecified atom stereocenters. The first-order valence-electron chi connectivity index (χ1n) is 40.7. The Morgan fingerprint density at radius 1 is 0.148 bits per heavy atom. The second-order valence-electron chi connectivity index (χ2n) is 31.8. The van der Waals surface area contributed by atoms with Gasteiger partial charge in [-0.15, -0.1) is 0 Å². The topological polar surface area (TPSA) is 161 Å². The molecule has 0 N–H and O–H groups in total. The van der Waals surface area contributed by atoms with Crippen molar-refractivity contribution in [3.63, 3.8) is 0 Å². The Kier molecular flexibility index (Phi) is 24.1. The quantitative estimate of drug-likeness (QED) is 0.0682. The molecule has 20 rings (SSSR count). The second-order valence-corrected chi connectivity index (χ2v) is 31.8. The number of carboxylic acid groups (broad SMARTS) is 4. The van der Waals surface area contributed by atoms with Crippen molar-refractivity contribution < 1.29 is 78.6 Å². The van der Waals surface area contributed by atoms with E-state index in [1.807, 2.05) is 413 Å². The van der Waals surface area contributed by atoms with Crippen molar-refractivity contribution in [1.29, 1.82) is 0 Å². The van der Waals surface area contributed by atoms with Crippen LogP contribution >= 0.6 is 0 Å². The summed E-state index contributed by atoms with van der Waals surface area (Å²) < 4.78 is 0. The van der Waals surface area contributed by atoms with Crippen LogP contribution < -0.4 is 20.4 Å². The molecule has 0 bridgehead atoms. The molecule has 4 saturated carbocycles. The van der Waals surface area contributed by atoms with Gasteiger partial charge in [-0.3, -0.25) is 0 Å². The number of carboxylic acids is 4. The van der Waals surface area contributed by atoms with Crippen molar-refractivity contribution in [2.45, 2.75) is 69.0 Å². The third-order valence-corrected chi connectivity index (χ3v) is 26.0. The Balaban J connectivity index is 0.000000126. The molecule has 10 heteroatoms. The number of rotatable bonds is 20. The van der Waals surface area contributed by atoms with Crippen molar-refractivity contribution in [2.75, 3.05) is 0 Å². The maximum absolute atomic E-state index is 12.7. The number of carbonyl (C=O) groups is 4. The van der Waals surface area contributed by atoms with E-state index in [1.54, 1.807) is 0 Å². The number of benzene rings is 16. The third-order valence-electron chi connectivity index (χ3n) is 26.0. The van der Waals surface area contributed by atoms with Crippen LogP contribution in [0.2, 0.25) is 0 Å². The minimum absolute atomic E-state index is 0. The average Bonchev–Trinajstić information content (AvgIpc) is 1.52. The standard InChI is InChI=1S/4C28H22O2.2Rh/c4*29-26(30)28(25-18-16-22(17-19-25)21-10-4-1-5-11-21)20-27(28,23-12-6-2-7-13-23)24-14-8-3-9-15-24;;/h4*1-19H,20H2,(H,29,30);;/q;;;;2*+2/p-4/t4*28-;;/m1111../s1. The van der Waals surface area contributed by atoms with Gasteiger partial charge in [0, 0.05) is 43.3 Å². The van der Waals surface area contributed by atoms with Gasteiger partial charge in [-0.2, -0.15) is 0 Å². The molecule has 16 aromatic carbocycles. The van der Waals surface area contributed by atoms with Gasteiger partial charge in [0.25, 0.3) is 0 Å². The van der Waals surface area contributed by atoms with Gasteiger partial charge in [-0.1, -0.05) is 461 Å². The van der Waals surface area contributed by atoms with Crippen LogP contribution in [-0.2, 0) is 101 Å². The van der Waals surface area contributed by atoms with Crippen LogP contribution in [0.15, 0.2) is 461 Å². The SMILES string of the molecule is O=C([O-])[C@]1(c2ccc(-c3ccccc3)cc2)CC1(c1ccccc1)c1ccccc1.O=C([O-])[C@]1(c2ccc(-c3ccccc3)cc2)CC1(c1ccccc1)c1ccccc1.O=C([O-])[C@]1(c2ccc(-c3ccccc3)cc2)CC1(c1ccccc1)c1ccccc1.O=C([O-])[C@]1(c2ccc(-c3ccccc3)cc2)CC1(c1ccccc1)c1ccccc1.[Rh+2].[Rh+2]. The molecule has 598 valence electrons. The van der Waals surface area contributed by atoms with Crippen molar-refractivity contribution in [3.8, 4) is 44.5 Å². The summed E-state index contributed by atoms with van der Waals surface area (Å²) in [5.41, 5.74) is 13.0. The molecule has 0 saturated heterocycles. The number of aliphatic carboxylic acids is 4. The minimum atomic E-state index is -1.09. The van der Waals surface area contributed by atoms with Crippen molar-refractivity contribution in [1.82, 2.24) is 0 Å². The van der Waals surface area contributed by atoms with E-state index in [2.05, 4.69) is 48.5 Å². The Morgan fingerprint density at radius 2 is 0.254 bits per heavy atom. The average molecular weight is 1760 g/mol. The number of hydrogen-bond donors (Lipinski definition) is 0. The largest absolute Gasteiger partial charge is 2.00 e. The van der Waals surface area contributed by atoms with Gasteiger partial charge in [-0.05, 0) is 137 Å². The summed E-state index contributed by atoms with van der Waals surface area (Å²) in [6.07, 6.45) is 1.95. The molecule has 16 aromatic rings. The summed E-state index contributed by atoms with van der Waals surface area (Å²) in [4.78, 5) is 50.8. The summed E-state index contributed by atoms with van der Waals surface area (Å²) in [5.74, 6) is -4.10. The zero-order chi connectivity index (χ0) is 82.4. The number of carbonyl (C=O) groups excluding carboxylic acids is 4. The van der Waals surface area contributed by atoms with E-state index >= 15 is 0 Å². The fourth-order valence-electron chi connectivity index (χ4n) is 19.8. The molecule has 4 atom stereocenters. The molecule has 4 aliphatic carbocycles. The normalized spacial score (nSPS) is 18.9. The molecule has 2 radical (unpaired) electrons. The van der Waals surface area contributed by atoms with Crippen LogP contribution in [0.4, 0.5) is 0 Å². The maximum atomic E-state index is 12.7. The molecule has 4 fully saturated rings. The smallest absolute Gasteiger partial charge is 0.549 e. The van der Waals surface area contributed by atoms with Gasteiger partial charge in [0.05, 0.1) is 23.9 Å². The van der Waals surface area contributed by atoms with Crippen molar-refractivity contribution >= 4 is 23.9 Å². The Hall–Kier alpha value is -13.4. The molecule has 0 amide bonds. The predicted octanol–water partition coefficient (Wildman–Crippen LogP) is 18.9. The van der Waals surface area contributed by atoms with Crippen LogP contribution in [0.25, 0.3) is 44.5 Å². The van der Waals surface area contributed by atoms with E-state index in [0.717, 1.165) is 111 Å². The molecular weight excluding hydrogens is 1680 g/mol. The minimum Gasteiger partial charge on any atom is -0.549 e. The van der Waals surface area contributed by atoms with E-state index in [-0.39, 0.29) is 39.0 Å². The summed E-state index contributed by atoms with van der Waals surface area (Å²) >= 11 is 0. The zero-order valence-corrected chi connectivity index (χ0v) is 69.9. The third kappa shape index (κ3) is 14.5. The fraction of sp³-hybridized carbons (Fsp3) is 0.107. The van der Waals surface area contributed by atoms with Crippen LogP contribution in [0.5, 0.6) is 0 Å². The van der Waals surface area contributed by atoms with Gasteiger partial charge < -0.3 is 39.6 Å². The molecule has 4 aliphatic rings. The Morgan fingerprint density at radius 3 is 0.369 bits per heavy atom. The predicted molar refractivity (Wildman–Crippen MR) is 467 cm³/mol. The van der Waals surface area contributed by atoms with Gasteiger partial charge in [0.1, 0.15) is 0 Å². The van der Waals surface area contributed by atoms with E-state index < -0.39 is 67.2 Å². The molecule has 0 aromatic heterocycles. The molecule has 0 heterocycles.